The van der Waals surface area contributed by atoms with Crippen LogP contribution in [-0.4, -0.2) is 18.6 Å². The maximum absolute atomic E-state index is 11.8. The summed E-state index contributed by atoms with van der Waals surface area (Å²) in [5.41, 5.74) is 6.80. The fourth-order valence-corrected chi connectivity index (χ4v) is 2.47. The summed E-state index contributed by atoms with van der Waals surface area (Å²) in [6, 6.07) is 7.81. The number of hydrogen-bond donors (Lipinski definition) is 2. The molecule has 2 rings (SSSR count). The Balaban J connectivity index is 1.86. The Morgan fingerprint density at radius 2 is 2.11 bits per heavy atom. The molecule has 0 spiro atoms. The molecule has 1 atom stereocenters. The third-order valence-corrected chi connectivity index (χ3v) is 3.49. The predicted molar refractivity (Wildman–Crippen MR) is 74.9 cm³/mol. The molecule has 1 aliphatic carbocycles. The van der Waals surface area contributed by atoms with Gasteiger partial charge in [0.15, 0.2) is 6.61 Å². The number of rotatable bonds is 5. The summed E-state index contributed by atoms with van der Waals surface area (Å²) in [7, 11) is 0. The highest BCUT2D eigenvalue weighted by atomic mass is 16.5. The van der Waals surface area contributed by atoms with Crippen molar-refractivity contribution in [1.29, 1.82) is 0 Å². The Hall–Kier alpha value is -1.55. The highest BCUT2D eigenvalue weighted by molar-refractivity contribution is 5.77. The fourth-order valence-electron chi connectivity index (χ4n) is 2.47. The van der Waals surface area contributed by atoms with Crippen molar-refractivity contribution in [2.75, 3.05) is 6.61 Å². The second kappa shape index (κ2) is 6.57. The lowest BCUT2D eigenvalue weighted by molar-refractivity contribution is -0.123. The van der Waals surface area contributed by atoms with Crippen LogP contribution in [0.4, 0.5) is 0 Å². The zero-order valence-electron chi connectivity index (χ0n) is 11.4. The number of benzene rings is 1. The first-order valence-corrected chi connectivity index (χ1v) is 6.93. The molecule has 0 saturated heterocycles. The van der Waals surface area contributed by atoms with Gasteiger partial charge in [0.25, 0.3) is 5.91 Å². The second-order valence-corrected chi connectivity index (χ2v) is 5.16. The van der Waals surface area contributed by atoms with E-state index in [-0.39, 0.29) is 18.6 Å². The Morgan fingerprint density at radius 1 is 1.42 bits per heavy atom. The SMILES string of the molecule is C[C@@H](N)c1ccccc1OCC(=O)NC1CCCC1. The number of hydrogen-bond acceptors (Lipinski definition) is 3. The molecule has 1 fully saturated rings. The number of nitrogens with two attached hydrogens (primary N) is 1. The van der Waals surface area contributed by atoms with Gasteiger partial charge in [-0.3, -0.25) is 4.79 Å². The zero-order chi connectivity index (χ0) is 13.7. The molecule has 0 radical (unpaired) electrons. The van der Waals surface area contributed by atoms with E-state index < -0.39 is 0 Å². The summed E-state index contributed by atoms with van der Waals surface area (Å²) in [4.78, 5) is 11.8. The van der Waals surface area contributed by atoms with Crippen LogP contribution >= 0.6 is 0 Å². The molecule has 1 aromatic carbocycles. The number of amides is 1. The minimum atomic E-state index is -0.103. The molecule has 1 aromatic rings. The monoisotopic (exact) mass is 262 g/mol. The maximum atomic E-state index is 11.8. The molecule has 4 heteroatoms. The topological polar surface area (TPSA) is 64.3 Å². The summed E-state index contributed by atoms with van der Waals surface area (Å²) >= 11 is 0. The fraction of sp³-hybridized carbons (Fsp3) is 0.533. The van der Waals surface area contributed by atoms with Crippen molar-refractivity contribution in [2.45, 2.75) is 44.7 Å². The number of carbonyl (C=O) groups is 1. The van der Waals surface area contributed by atoms with E-state index in [9.17, 15) is 4.79 Å². The third-order valence-electron chi connectivity index (χ3n) is 3.49. The van der Waals surface area contributed by atoms with E-state index in [0.29, 0.717) is 11.8 Å². The first kappa shape index (κ1) is 13.9. The number of ether oxygens (including phenoxy) is 1. The van der Waals surface area contributed by atoms with Crippen LogP contribution in [0.1, 0.15) is 44.2 Å². The molecule has 0 aliphatic heterocycles. The largest absolute Gasteiger partial charge is 0.483 e. The van der Waals surface area contributed by atoms with Gasteiger partial charge in [-0.25, -0.2) is 0 Å². The average molecular weight is 262 g/mol. The van der Waals surface area contributed by atoms with Crippen LogP contribution in [0.15, 0.2) is 24.3 Å². The molecule has 4 nitrogen and oxygen atoms in total. The van der Waals surface area contributed by atoms with Crippen molar-refractivity contribution in [3.63, 3.8) is 0 Å². The third kappa shape index (κ3) is 3.96. The molecule has 1 saturated carbocycles. The van der Waals surface area contributed by atoms with Crippen LogP contribution in [0, 0.1) is 0 Å². The van der Waals surface area contributed by atoms with Crippen molar-refractivity contribution in [3.8, 4) is 5.75 Å². The Kier molecular flexibility index (Phi) is 4.80. The Labute approximate surface area is 114 Å². The molecule has 1 amide bonds. The van der Waals surface area contributed by atoms with Crippen LogP contribution in [0.2, 0.25) is 0 Å². The van der Waals surface area contributed by atoms with E-state index in [1.165, 1.54) is 12.8 Å². The number of carbonyl (C=O) groups excluding carboxylic acids is 1. The van der Waals surface area contributed by atoms with Gasteiger partial charge >= 0.3 is 0 Å². The van der Waals surface area contributed by atoms with Gasteiger partial charge in [-0.15, -0.1) is 0 Å². The van der Waals surface area contributed by atoms with Crippen LogP contribution in [-0.2, 0) is 4.79 Å². The molecule has 0 bridgehead atoms. The Bertz CT molecular complexity index is 426. The molecule has 0 heterocycles. The van der Waals surface area contributed by atoms with Crippen molar-refractivity contribution >= 4 is 5.91 Å². The molecule has 1 aliphatic rings. The molecular formula is C15H22N2O2. The van der Waals surface area contributed by atoms with Gasteiger partial charge in [-0.1, -0.05) is 31.0 Å². The molecule has 19 heavy (non-hydrogen) atoms. The van der Waals surface area contributed by atoms with Gasteiger partial charge in [0.2, 0.25) is 0 Å². The van der Waals surface area contributed by atoms with Crippen LogP contribution in [0.3, 0.4) is 0 Å². The van der Waals surface area contributed by atoms with Crippen LogP contribution in [0.5, 0.6) is 5.75 Å². The maximum Gasteiger partial charge on any atom is 0.258 e. The first-order chi connectivity index (χ1) is 9.16. The average Bonchev–Trinajstić information content (AvgIpc) is 2.89. The van der Waals surface area contributed by atoms with Crippen molar-refractivity contribution in [3.05, 3.63) is 29.8 Å². The smallest absolute Gasteiger partial charge is 0.258 e. The summed E-state index contributed by atoms with van der Waals surface area (Å²) in [6.45, 7) is 1.96. The van der Waals surface area contributed by atoms with Gasteiger partial charge in [0.1, 0.15) is 5.75 Å². The summed E-state index contributed by atoms with van der Waals surface area (Å²) in [5, 5.41) is 3.00. The highest BCUT2D eigenvalue weighted by Crippen LogP contribution is 2.23. The van der Waals surface area contributed by atoms with E-state index >= 15 is 0 Å². The number of nitrogens with one attached hydrogen (secondary N) is 1. The predicted octanol–water partition coefficient (Wildman–Crippen LogP) is 2.14. The minimum Gasteiger partial charge on any atom is -0.483 e. The summed E-state index contributed by atoms with van der Waals surface area (Å²) < 4.78 is 5.58. The van der Waals surface area contributed by atoms with E-state index in [2.05, 4.69) is 5.32 Å². The van der Waals surface area contributed by atoms with Gasteiger partial charge in [-0.2, -0.15) is 0 Å². The zero-order valence-corrected chi connectivity index (χ0v) is 11.4. The standard InChI is InChI=1S/C15H22N2O2/c1-11(16)13-8-4-5-9-14(13)19-10-15(18)17-12-6-2-3-7-12/h4-5,8-9,11-12H,2-3,6-7,10,16H2,1H3,(H,17,18)/t11-/m1/s1. The van der Waals surface area contributed by atoms with Crippen molar-refractivity contribution in [2.24, 2.45) is 5.73 Å². The van der Waals surface area contributed by atoms with Gasteiger partial charge in [-0.05, 0) is 25.8 Å². The highest BCUT2D eigenvalue weighted by Gasteiger charge is 2.17. The number of para-hydroxylation sites is 1. The lowest BCUT2D eigenvalue weighted by Crippen LogP contribution is -2.36. The van der Waals surface area contributed by atoms with E-state index in [1.54, 1.807) is 0 Å². The molecule has 3 N–H and O–H groups in total. The summed E-state index contributed by atoms with van der Waals surface area (Å²) in [6.07, 6.45) is 4.59. The van der Waals surface area contributed by atoms with Crippen LogP contribution < -0.4 is 15.8 Å². The summed E-state index contributed by atoms with van der Waals surface area (Å²) in [5.74, 6) is 0.644. The van der Waals surface area contributed by atoms with Crippen molar-refractivity contribution < 1.29 is 9.53 Å². The Morgan fingerprint density at radius 3 is 2.79 bits per heavy atom. The minimum absolute atomic E-state index is 0.0497. The van der Waals surface area contributed by atoms with E-state index in [1.807, 2.05) is 31.2 Å². The molecule has 0 unspecified atom stereocenters. The van der Waals surface area contributed by atoms with Crippen molar-refractivity contribution in [1.82, 2.24) is 5.32 Å². The van der Waals surface area contributed by atoms with E-state index in [4.69, 9.17) is 10.5 Å². The quantitative estimate of drug-likeness (QED) is 0.854. The normalized spacial score (nSPS) is 17.2. The molecule has 0 aromatic heterocycles. The second-order valence-electron chi connectivity index (χ2n) is 5.16. The molecular weight excluding hydrogens is 240 g/mol. The van der Waals surface area contributed by atoms with Crippen LogP contribution in [0.25, 0.3) is 0 Å². The first-order valence-electron chi connectivity index (χ1n) is 6.93. The van der Waals surface area contributed by atoms with Gasteiger partial charge in [0, 0.05) is 17.6 Å². The van der Waals surface area contributed by atoms with E-state index in [0.717, 1.165) is 18.4 Å². The lowest BCUT2D eigenvalue weighted by atomic mass is 10.1. The van der Waals surface area contributed by atoms with Gasteiger partial charge < -0.3 is 15.8 Å². The molecule has 104 valence electrons. The van der Waals surface area contributed by atoms with Gasteiger partial charge in [0.05, 0.1) is 0 Å². The lowest BCUT2D eigenvalue weighted by Gasteiger charge is -2.15.